The van der Waals surface area contributed by atoms with Crippen LogP contribution in [0.1, 0.15) is 71.1 Å². The van der Waals surface area contributed by atoms with Gasteiger partial charge in [0, 0.05) is 73.5 Å². The third-order valence-electron chi connectivity index (χ3n) is 9.82. The first kappa shape index (κ1) is 32.6. The van der Waals surface area contributed by atoms with Crippen LogP contribution in [0.15, 0.2) is 28.9 Å². The third kappa shape index (κ3) is 6.45. The number of methoxy groups -OCH3 is 1. The first-order valence-electron chi connectivity index (χ1n) is 16.8. The summed E-state index contributed by atoms with van der Waals surface area (Å²) in [7, 11) is 1.73. The molecule has 2 saturated heterocycles. The first-order chi connectivity index (χ1) is 22.1. The maximum atomic E-state index is 13.3. The van der Waals surface area contributed by atoms with E-state index in [1.807, 2.05) is 6.21 Å². The second-order valence-corrected chi connectivity index (χ2v) is 13.8. The van der Waals surface area contributed by atoms with Crippen molar-refractivity contribution < 1.29 is 24.0 Å². The van der Waals surface area contributed by atoms with Crippen LogP contribution in [0.25, 0.3) is 16.5 Å². The average Bonchev–Trinajstić information content (AvgIpc) is 3.37. The van der Waals surface area contributed by atoms with E-state index in [1.54, 1.807) is 7.11 Å². The van der Waals surface area contributed by atoms with Gasteiger partial charge in [-0.3, -0.25) is 14.8 Å². The lowest BCUT2D eigenvalue weighted by molar-refractivity contribution is -0.835. The summed E-state index contributed by atoms with van der Waals surface area (Å²) >= 11 is 0. The van der Waals surface area contributed by atoms with Crippen molar-refractivity contribution in [1.82, 2.24) is 15.0 Å². The summed E-state index contributed by atoms with van der Waals surface area (Å²) in [4.78, 5) is 40.4. The fraction of sp³-hybridized carbons (Fsp3) is 0.647. The van der Waals surface area contributed by atoms with Crippen molar-refractivity contribution in [3.63, 3.8) is 0 Å². The van der Waals surface area contributed by atoms with Crippen LogP contribution in [0.4, 0.5) is 5.69 Å². The number of aromatic nitrogens is 1. The van der Waals surface area contributed by atoms with Crippen molar-refractivity contribution in [3.8, 4) is 0 Å². The summed E-state index contributed by atoms with van der Waals surface area (Å²) in [5, 5.41) is 2.68. The molecule has 3 N–H and O–H groups in total. The summed E-state index contributed by atoms with van der Waals surface area (Å²) in [5.41, 5.74) is 16.0. The van der Waals surface area contributed by atoms with E-state index in [1.165, 1.54) is 32.7 Å². The van der Waals surface area contributed by atoms with Gasteiger partial charge in [0.25, 0.3) is 5.91 Å². The number of rotatable bonds is 4. The van der Waals surface area contributed by atoms with Crippen molar-refractivity contribution in [2.45, 2.75) is 97.2 Å². The topological polar surface area (TPSA) is 127 Å². The zero-order chi connectivity index (χ0) is 32.6. The molecule has 0 unspecified atom stereocenters. The molecule has 1 aromatic carbocycles. The normalized spacial score (nSPS) is 26.7. The van der Waals surface area contributed by atoms with E-state index in [-0.39, 0.29) is 24.7 Å². The van der Waals surface area contributed by atoms with E-state index >= 15 is 0 Å². The summed E-state index contributed by atoms with van der Waals surface area (Å²) in [6.45, 7) is 12.0. The van der Waals surface area contributed by atoms with Crippen LogP contribution in [0, 0.1) is 10.3 Å². The van der Waals surface area contributed by atoms with Gasteiger partial charge in [0.1, 0.15) is 0 Å². The number of nitrogens with two attached hydrogens (primary N) is 1. The van der Waals surface area contributed by atoms with Crippen LogP contribution in [-0.2, 0) is 32.1 Å². The number of aryl methyl sites for hydroxylation is 1. The molecular weight excluding hydrogens is 586 g/mol. The number of carbonyl (C=O) groups excluding carboxylic acids is 1. The molecule has 12 heteroatoms. The number of fused-ring (bicyclic) bond motifs is 6. The van der Waals surface area contributed by atoms with E-state index in [2.05, 4.69) is 60.8 Å². The summed E-state index contributed by atoms with van der Waals surface area (Å²) in [6.07, 6.45) is 5.05. The van der Waals surface area contributed by atoms with Crippen molar-refractivity contribution in [1.29, 1.82) is 0 Å². The molecule has 0 spiro atoms. The van der Waals surface area contributed by atoms with Gasteiger partial charge in [-0.15, -0.1) is 0 Å². The van der Waals surface area contributed by atoms with E-state index < -0.39 is 17.6 Å². The summed E-state index contributed by atoms with van der Waals surface area (Å²) in [6, 6.07) is 5.98. The van der Waals surface area contributed by atoms with Crippen LogP contribution >= 0.6 is 0 Å². The number of nitrogens with zero attached hydrogens (tertiary/aromatic N) is 5. The number of benzene rings is 1. The second kappa shape index (κ2) is 13.4. The van der Waals surface area contributed by atoms with Gasteiger partial charge in [-0.1, -0.05) is 13.8 Å². The number of nitrogens with one attached hydrogen (secondary N) is 1. The Morgan fingerprint density at radius 3 is 2.89 bits per heavy atom. The molecule has 0 saturated carbocycles. The molecule has 2 fully saturated rings. The molecule has 1 aromatic heterocycles. The Bertz CT molecular complexity index is 1530. The molecule has 6 bridgehead atoms. The second-order valence-electron chi connectivity index (χ2n) is 13.8. The fourth-order valence-corrected chi connectivity index (χ4v) is 7.36. The highest BCUT2D eigenvalue weighted by molar-refractivity contribution is 5.94. The smallest absolute Gasteiger partial charge is 0.326 e. The Morgan fingerprint density at radius 2 is 2.11 bits per heavy atom. The molecule has 4 aliphatic heterocycles. The average molecular weight is 637 g/mol. The predicted molar refractivity (Wildman–Crippen MR) is 178 cm³/mol. The number of hydrogen-bond acceptors (Lipinski definition) is 9. The molecule has 0 aliphatic carbocycles. The quantitative estimate of drug-likeness (QED) is 0.517. The molecule has 6 rings (SSSR count). The van der Waals surface area contributed by atoms with Crippen molar-refractivity contribution in [2.24, 2.45) is 16.1 Å². The summed E-state index contributed by atoms with van der Waals surface area (Å²) < 4.78 is 14.3. The standard InChI is InChI=1S/C34H50N7O5/c1-6-39-29-12-11-23-17-26(29)27(32(39)25-9-7-13-36-31(25)22(2)44-5)19-34(3,4)21-46-41(43)30-10-8-14-40(37-30)33(42)28(35)18-24-20-38(23)15-16-45-24/h11-13,17,22,24,28,30,37H,6-10,14-16,18-21,35H2,1-5H3/q+1/t22-,24-,28-,30+/m0/s1. The number of hydrogen-bond donors (Lipinski definition) is 2. The lowest BCUT2D eigenvalue weighted by atomic mass is 9.83. The molecule has 12 nitrogen and oxygen atoms in total. The monoisotopic (exact) mass is 636 g/mol. The molecule has 250 valence electrons. The van der Waals surface area contributed by atoms with E-state index in [4.69, 9.17) is 25.0 Å². The predicted octanol–water partition coefficient (Wildman–Crippen LogP) is 3.94. The Balaban J connectivity index is 1.49. The molecule has 4 aliphatic rings. The number of carbonyl (C=O) groups is 1. The summed E-state index contributed by atoms with van der Waals surface area (Å²) in [5.74, 6) is -0.233. The van der Waals surface area contributed by atoms with Gasteiger partial charge >= 0.3 is 6.17 Å². The van der Waals surface area contributed by atoms with Crippen LogP contribution < -0.4 is 16.1 Å². The molecular formula is C34H50N7O5+. The van der Waals surface area contributed by atoms with Crippen LogP contribution in [0.3, 0.4) is 0 Å². The van der Waals surface area contributed by atoms with Crippen LogP contribution in [0.5, 0.6) is 0 Å². The van der Waals surface area contributed by atoms with E-state index in [9.17, 15) is 9.70 Å². The molecule has 0 radical (unpaired) electrons. The van der Waals surface area contributed by atoms with Gasteiger partial charge in [-0.05, 0) is 69.7 Å². The number of aliphatic imine (C=N–C) groups is 1. The van der Waals surface area contributed by atoms with E-state index in [0.29, 0.717) is 50.3 Å². The first-order valence-corrected chi connectivity index (χ1v) is 16.8. The van der Waals surface area contributed by atoms with Gasteiger partial charge in [0.15, 0.2) is 6.61 Å². The largest absolute Gasteiger partial charge is 0.375 e. The number of anilines is 1. The third-order valence-corrected chi connectivity index (χ3v) is 9.82. The van der Waals surface area contributed by atoms with Gasteiger partial charge in [-0.25, -0.2) is 4.84 Å². The Kier molecular flexibility index (Phi) is 9.52. The van der Waals surface area contributed by atoms with Crippen molar-refractivity contribution in [2.75, 3.05) is 44.9 Å². The van der Waals surface area contributed by atoms with Gasteiger partial charge in [0.05, 0.1) is 41.2 Å². The fourth-order valence-electron chi connectivity index (χ4n) is 7.36. The minimum absolute atomic E-state index is 0.145. The number of allylic oxidation sites excluding steroid dienone is 1. The van der Waals surface area contributed by atoms with E-state index in [0.717, 1.165) is 37.3 Å². The SMILES string of the molecule is CCn1c(C2=C([C@H](C)OC)N=CCC2)c2c3cc(ccc31)N1CCO[C@@H](C[C@H](N)C(=O)N3CCC[C@H](N3)[N+](=O)OCC(C)(C)C2)C1. The molecule has 46 heavy (non-hydrogen) atoms. The Morgan fingerprint density at radius 1 is 1.28 bits per heavy atom. The highest BCUT2D eigenvalue weighted by Crippen LogP contribution is 2.41. The minimum Gasteiger partial charge on any atom is -0.375 e. The Labute approximate surface area is 271 Å². The van der Waals surface area contributed by atoms with Gasteiger partial charge in [-0.2, -0.15) is 5.43 Å². The number of hydrazine groups is 1. The van der Waals surface area contributed by atoms with Crippen LogP contribution in [0.2, 0.25) is 0 Å². The zero-order valence-electron chi connectivity index (χ0n) is 28.0. The highest BCUT2D eigenvalue weighted by Gasteiger charge is 2.39. The minimum atomic E-state index is -0.750. The lowest BCUT2D eigenvalue weighted by Gasteiger charge is -2.36. The number of amides is 1. The maximum absolute atomic E-state index is 13.3. The Hall–Kier alpha value is -3.32. The maximum Gasteiger partial charge on any atom is 0.326 e. The van der Waals surface area contributed by atoms with Crippen molar-refractivity contribution in [3.05, 3.63) is 40.1 Å². The molecule has 1 amide bonds. The number of ether oxygens (including phenoxy) is 2. The van der Waals surface area contributed by atoms with Gasteiger partial charge in [0.2, 0.25) is 4.92 Å². The number of morpholine rings is 1. The molecule has 2 aromatic rings. The molecule has 5 heterocycles. The highest BCUT2D eigenvalue weighted by atomic mass is 16.8. The zero-order valence-corrected chi connectivity index (χ0v) is 28.0. The molecule has 4 atom stereocenters. The van der Waals surface area contributed by atoms with Gasteiger partial charge < -0.3 is 24.7 Å². The van der Waals surface area contributed by atoms with Crippen LogP contribution in [-0.4, -0.2) is 91.0 Å². The lowest BCUT2D eigenvalue weighted by Crippen LogP contribution is -2.60. The van der Waals surface area contributed by atoms with Crippen molar-refractivity contribution >= 4 is 34.3 Å².